The molecule has 0 aliphatic heterocycles. The topological polar surface area (TPSA) is 61.0 Å². The van der Waals surface area contributed by atoms with Gasteiger partial charge in [-0.1, -0.05) is 11.6 Å². The fourth-order valence-electron chi connectivity index (χ4n) is 1.01. The summed E-state index contributed by atoms with van der Waals surface area (Å²) < 4.78 is 5.40. The van der Waals surface area contributed by atoms with Crippen molar-refractivity contribution in [1.29, 1.82) is 0 Å². The Morgan fingerprint density at radius 2 is 1.80 bits per heavy atom. The molecule has 4 nitrogen and oxygen atoms in total. The number of benzene rings is 1. The summed E-state index contributed by atoms with van der Waals surface area (Å²) in [6, 6.07) is 7.01. The van der Waals surface area contributed by atoms with Crippen LogP contribution in [-0.2, 0) is 0 Å². The van der Waals surface area contributed by atoms with Crippen LogP contribution in [0.1, 0.15) is 0 Å². The van der Waals surface area contributed by atoms with Crippen LogP contribution in [0.2, 0.25) is 5.15 Å². The van der Waals surface area contributed by atoms with E-state index in [2.05, 4.69) is 9.97 Å². The van der Waals surface area contributed by atoms with Gasteiger partial charge in [-0.05, 0) is 24.3 Å². The molecule has 1 aromatic carbocycles. The third-order valence-corrected chi connectivity index (χ3v) is 1.89. The van der Waals surface area contributed by atoms with E-state index in [1.165, 1.54) is 12.4 Å². The summed E-state index contributed by atoms with van der Waals surface area (Å²) in [7, 11) is 0. The number of nitrogens with two attached hydrogens (primary N) is 1. The molecular formula is C10H8ClN3O. The molecule has 1 aromatic heterocycles. The van der Waals surface area contributed by atoms with Gasteiger partial charge in [-0.3, -0.25) is 0 Å². The molecule has 1 heterocycles. The van der Waals surface area contributed by atoms with Crippen molar-refractivity contribution >= 4 is 17.3 Å². The van der Waals surface area contributed by atoms with Gasteiger partial charge >= 0.3 is 0 Å². The van der Waals surface area contributed by atoms with E-state index in [0.717, 1.165) is 0 Å². The monoisotopic (exact) mass is 221 g/mol. The smallest absolute Gasteiger partial charge is 0.237 e. The first-order valence-corrected chi connectivity index (χ1v) is 4.63. The molecule has 0 saturated carbocycles. The van der Waals surface area contributed by atoms with Crippen LogP contribution in [0.25, 0.3) is 0 Å². The Kier molecular flexibility index (Phi) is 2.69. The van der Waals surface area contributed by atoms with Crippen LogP contribution < -0.4 is 10.5 Å². The average Bonchev–Trinajstić information content (AvgIpc) is 2.25. The minimum absolute atomic E-state index is 0.333. The van der Waals surface area contributed by atoms with Gasteiger partial charge in [0.25, 0.3) is 0 Å². The summed E-state index contributed by atoms with van der Waals surface area (Å²) in [5.74, 6) is 1.05. The van der Waals surface area contributed by atoms with E-state index >= 15 is 0 Å². The van der Waals surface area contributed by atoms with Gasteiger partial charge in [0.2, 0.25) is 5.88 Å². The Labute approximate surface area is 91.7 Å². The van der Waals surface area contributed by atoms with E-state index in [-0.39, 0.29) is 0 Å². The zero-order valence-electron chi connectivity index (χ0n) is 7.72. The molecule has 2 N–H and O–H groups in total. The lowest BCUT2D eigenvalue weighted by molar-refractivity contribution is 0.460. The number of hydrogen-bond donors (Lipinski definition) is 1. The van der Waals surface area contributed by atoms with E-state index in [1.807, 2.05) is 0 Å². The number of hydrogen-bond acceptors (Lipinski definition) is 4. The van der Waals surface area contributed by atoms with Crippen LogP contribution in [-0.4, -0.2) is 9.97 Å². The van der Waals surface area contributed by atoms with Gasteiger partial charge in [0.15, 0.2) is 0 Å². The Morgan fingerprint density at radius 3 is 2.40 bits per heavy atom. The molecule has 76 valence electrons. The number of rotatable bonds is 2. The summed E-state index contributed by atoms with van der Waals surface area (Å²) in [5.41, 5.74) is 6.22. The molecule has 2 aromatic rings. The van der Waals surface area contributed by atoms with Crippen molar-refractivity contribution in [3.63, 3.8) is 0 Å². The highest BCUT2D eigenvalue weighted by Crippen LogP contribution is 2.19. The maximum atomic E-state index is 5.59. The molecule has 0 spiro atoms. The van der Waals surface area contributed by atoms with E-state index < -0.39 is 0 Å². The molecule has 0 aliphatic carbocycles. The van der Waals surface area contributed by atoms with Gasteiger partial charge in [-0.15, -0.1) is 0 Å². The summed E-state index contributed by atoms with van der Waals surface area (Å²) in [4.78, 5) is 7.79. The highest BCUT2D eigenvalue weighted by atomic mass is 35.5. The number of ether oxygens (including phenoxy) is 1. The zero-order valence-corrected chi connectivity index (χ0v) is 8.48. The molecule has 5 heteroatoms. The normalized spacial score (nSPS) is 9.93. The van der Waals surface area contributed by atoms with Crippen LogP contribution >= 0.6 is 11.6 Å². The first-order chi connectivity index (χ1) is 7.24. The predicted octanol–water partition coefficient (Wildman–Crippen LogP) is 2.50. The van der Waals surface area contributed by atoms with Crippen LogP contribution in [0.5, 0.6) is 11.6 Å². The number of nitrogen functional groups attached to an aromatic ring is 1. The first kappa shape index (κ1) is 9.73. The lowest BCUT2D eigenvalue weighted by Gasteiger charge is -2.03. The molecule has 2 rings (SSSR count). The Hall–Kier alpha value is -1.81. The SMILES string of the molecule is Nc1ccc(Oc2cnc(Cl)cn2)cc1. The second-order valence-electron chi connectivity index (χ2n) is 2.85. The van der Waals surface area contributed by atoms with Crippen LogP contribution in [0.4, 0.5) is 5.69 Å². The average molecular weight is 222 g/mol. The Bertz CT molecular complexity index is 398. The van der Waals surface area contributed by atoms with E-state index in [4.69, 9.17) is 22.1 Å². The predicted molar refractivity (Wildman–Crippen MR) is 58.0 cm³/mol. The lowest BCUT2D eigenvalue weighted by Crippen LogP contribution is -1.89. The third-order valence-electron chi connectivity index (χ3n) is 1.70. The summed E-state index contributed by atoms with van der Waals surface area (Å²) in [6.45, 7) is 0. The number of anilines is 1. The number of aromatic nitrogens is 2. The van der Waals surface area contributed by atoms with Gasteiger partial charge in [0.1, 0.15) is 10.9 Å². The molecule has 0 atom stereocenters. The number of halogens is 1. The van der Waals surface area contributed by atoms with Gasteiger partial charge in [-0.25, -0.2) is 9.97 Å². The molecule has 0 fully saturated rings. The van der Waals surface area contributed by atoms with E-state index in [9.17, 15) is 0 Å². The van der Waals surface area contributed by atoms with Gasteiger partial charge < -0.3 is 10.5 Å². The maximum Gasteiger partial charge on any atom is 0.237 e. The molecule has 15 heavy (non-hydrogen) atoms. The molecule has 0 saturated heterocycles. The standard InChI is InChI=1S/C10H8ClN3O/c11-9-5-14-10(6-13-9)15-8-3-1-7(12)2-4-8/h1-6H,12H2. The molecule has 0 bridgehead atoms. The van der Waals surface area contributed by atoms with Crippen molar-refractivity contribution in [2.75, 3.05) is 5.73 Å². The Balaban J connectivity index is 2.15. The maximum absolute atomic E-state index is 5.59. The van der Waals surface area contributed by atoms with Gasteiger partial charge in [0.05, 0.1) is 12.4 Å². The minimum Gasteiger partial charge on any atom is -0.438 e. The molecule has 0 radical (unpaired) electrons. The van der Waals surface area contributed by atoms with Gasteiger partial charge in [0, 0.05) is 5.69 Å². The fourth-order valence-corrected chi connectivity index (χ4v) is 1.11. The summed E-state index contributed by atoms with van der Waals surface area (Å²) in [5, 5.41) is 0.333. The summed E-state index contributed by atoms with van der Waals surface area (Å²) in [6.07, 6.45) is 2.88. The molecular weight excluding hydrogens is 214 g/mol. The highest BCUT2D eigenvalue weighted by Gasteiger charge is 1.98. The van der Waals surface area contributed by atoms with Crippen molar-refractivity contribution in [3.05, 3.63) is 41.8 Å². The number of nitrogens with zero attached hydrogens (tertiary/aromatic N) is 2. The van der Waals surface area contributed by atoms with Crippen LogP contribution in [0, 0.1) is 0 Å². The molecule has 0 unspecified atom stereocenters. The first-order valence-electron chi connectivity index (χ1n) is 4.25. The lowest BCUT2D eigenvalue weighted by atomic mass is 10.3. The molecule has 0 aliphatic rings. The largest absolute Gasteiger partial charge is 0.438 e. The fraction of sp³-hybridized carbons (Fsp3) is 0. The third kappa shape index (κ3) is 2.57. The van der Waals surface area contributed by atoms with Crippen molar-refractivity contribution in [2.24, 2.45) is 0 Å². The zero-order chi connectivity index (χ0) is 10.7. The second-order valence-corrected chi connectivity index (χ2v) is 3.24. The van der Waals surface area contributed by atoms with E-state index in [0.29, 0.717) is 22.5 Å². The second kappa shape index (κ2) is 4.14. The van der Waals surface area contributed by atoms with Crippen molar-refractivity contribution in [1.82, 2.24) is 9.97 Å². The summed E-state index contributed by atoms with van der Waals surface area (Å²) >= 11 is 5.59. The van der Waals surface area contributed by atoms with Crippen molar-refractivity contribution in [3.8, 4) is 11.6 Å². The van der Waals surface area contributed by atoms with Crippen LogP contribution in [0.15, 0.2) is 36.7 Å². The highest BCUT2D eigenvalue weighted by molar-refractivity contribution is 6.29. The van der Waals surface area contributed by atoms with Gasteiger partial charge in [-0.2, -0.15) is 0 Å². The minimum atomic E-state index is 0.333. The molecule has 0 amide bonds. The van der Waals surface area contributed by atoms with Crippen LogP contribution in [0.3, 0.4) is 0 Å². The van der Waals surface area contributed by atoms with Crippen molar-refractivity contribution in [2.45, 2.75) is 0 Å². The van der Waals surface area contributed by atoms with Crippen molar-refractivity contribution < 1.29 is 4.74 Å². The Morgan fingerprint density at radius 1 is 1.07 bits per heavy atom. The van der Waals surface area contributed by atoms with E-state index in [1.54, 1.807) is 24.3 Å². The quantitative estimate of drug-likeness (QED) is 0.792.